The van der Waals surface area contributed by atoms with Crippen LogP contribution in [0.1, 0.15) is 49.4 Å². The Morgan fingerprint density at radius 2 is 1.61 bits per heavy atom. The third-order valence-corrected chi connectivity index (χ3v) is 5.68. The van der Waals surface area contributed by atoms with Gasteiger partial charge in [-0.1, -0.05) is 85.1 Å². The Kier molecular flexibility index (Phi) is 9.08. The SMILES string of the molecule is CCCC(NCc1cc(Cl)c(OCc2ccccc2Cl)c(OCC)c1)c1ccccc1. The van der Waals surface area contributed by atoms with Gasteiger partial charge in [-0.15, -0.1) is 0 Å². The Hall–Kier alpha value is -2.20. The molecule has 31 heavy (non-hydrogen) atoms. The molecule has 0 saturated carbocycles. The van der Waals surface area contributed by atoms with E-state index in [1.165, 1.54) is 5.56 Å². The highest BCUT2D eigenvalue weighted by atomic mass is 35.5. The van der Waals surface area contributed by atoms with Gasteiger partial charge in [0.05, 0.1) is 11.6 Å². The average molecular weight is 458 g/mol. The van der Waals surface area contributed by atoms with Crippen molar-refractivity contribution in [3.63, 3.8) is 0 Å². The zero-order chi connectivity index (χ0) is 22.1. The quantitative estimate of drug-likeness (QED) is 0.321. The van der Waals surface area contributed by atoms with Crippen molar-refractivity contribution in [3.8, 4) is 11.5 Å². The fourth-order valence-electron chi connectivity index (χ4n) is 3.49. The molecule has 164 valence electrons. The molecule has 0 heterocycles. The van der Waals surface area contributed by atoms with E-state index in [-0.39, 0.29) is 6.04 Å². The van der Waals surface area contributed by atoms with Crippen LogP contribution in [0.15, 0.2) is 66.7 Å². The second-order valence-corrected chi connectivity index (χ2v) is 8.17. The van der Waals surface area contributed by atoms with Crippen molar-refractivity contribution >= 4 is 23.2 Å². The maximum atomic E-state index is 6.60. The van der Waals surface area contributed by atoms with E-state index in [0.717, 1.165) is 24.0 Å². The zero-order valence-electron chi connectivity index (χ0n) is 18.0. The number of halogens is 2. The second kappa shape index (κ2) is 12.0. The molecular formula is C26H29Cl2NO2. The summed E-state index contributed by atoms with van der Waals surface area (Å²) in [6, 6.07) is 22.4. The Bertz CT molecular complexity index is 963. The Morgan fingerprint density at radius 1 is 0.871 bits per heavy atom. The van der Waals surface area contributed by atoms with Crippen LogP contribution >= 0.6 is 23.2 Å². The molecule has 3 nitrogen and oxygen atoms in total. The highest BCUT2D eigenvalue weighted by Crippen LogP contribution is 2.38. The van der Waals surface area contributed by atoms with Crippen molar-refractivity contribution in [1.29, 1.82) is 0 Å². The number of ether oxygens (including phenoxy) is 2. The van der Waals surface area contributed by atoms with Gasteiger partial charge in [-0.05, 0) is 42.7 Å². The van der Waals surface area contributed by atoms with Crippen LogP contribution in [0.5, 0.6) is 11.5 Å². The lowest BCUT2D eigenvalue weighted by Crippen LogP contribution is -2.21. The molecule has 1 atom stereocenters. The topological polar surface area (TPSA) is 30.5 Å². The van der Waals surface area contributed by atoms with Crippen molar-refractivity contribution in [1.82, 2.24) is 5.32 Å². The molecule has 0 aromatic heterocycles. The summed E-state index contributed by atoms with van der Waals surface area (Å²) < 4.78 is 11.9. The van der Waals surface area contributed by atoms with Gasteiger partial charge >= 0.3 is 0 Å². The minimum absolute atomic E-state index is 0.289. The van der Waals surface area contributed by atoms with E-state index in [9.17, 15) is 0 Å². The van der Waals surface area contributed by atoms with Crippen LogP contribution in [0.3, 0.4) is 0 Å². The molecule has 0 radical (unpaired) electrons. The standard InChI is InChI=1S/C26H29Cl2NO2/c1-3-10-24(20-11-6-5-7-12-20)29-17-19-15-23(28)26(25(16-19)30-4-2)31-18-21-13-8-9-14-22(21)27/h5-9,11-16,24,29H,3-4,10,17-18H2,1-2H3. The number of hydrogen-bond acceptors (Lipinski definition) is 3. The van der Waals surface area contributed by atoms with Crippen LogP contribution in [0.25, 0.3) is 0 Å². The molecule has 1 N–H and O–H groups in total. The molecule has 1 unspecified atom stereocenters. The third-order valence-electron chi connectivity index (χ3n) is 5.03. The van der Waals surface area contributed by atoms with Gasteiger partial charge < -0.3 is 14.8 Å². The van der Waals surface area contributed by atoms with Gasteiger partial charge in [0, 0.05) is 23.2 Å². The summed E-state index contributed by atoms with van der Waals surface area (Å²) in [5.41, 5.74) is 3.24. The van der Waals surface area contributed by atoms with Crippen molar-refractivity contribution < 1.29 is 9.47 Å². The minimum atomic E-state index is 0.289. The zero-order valence-corrected chi connectivity index (χ0v) is 19.5. The van der Waals surface area contributed by atoms with Crippen LogP contribution in [0, 0.1) is 0 Å². The summed E-state index contributed by atoms with van der Waals surface area (Å²) in [7, 11) is 0. The molecule has 0 bridgehead atoms. The monoisotopic (exact) mass is 457 g/mol. The lowest BCUT2D eigenvalue weighted by atomic mass is 10.0. The first-order chi connectivity index (χ1) is 15.1. The molecule has 0 fully saturated rings. The maximum absolute atomic E-state index is 6.60. The number of rotatable bonds is 11. The van der Waals surface area contributed by atoms with Crippen molar-refractivity contribution in [2.45, 2.75) is 45.9 Å². The van der Waals surface area contributed by atoms with Gasteiger partial charge in [-0.3, -0.25) is 0 Å². The molecular weight excluding hydrogens is 429 g/mol. The van der Waals surface area contributed by atoms with Crippen LogP contribution in [-0.4, -0.2) is 6.61 Å². The number of hydrogen-bond donors (Lipinski definition) is 1. The van der Waals surface area contributed by atoms with Gasteiger partial charge in [-0.2, -0.15) is 0 Å². The molecule has 3 aromatic carbocycles. The summed E-state index contributed by atoms with van der Waals surface area (Å²) in [4.78, 5) is 0. The summed E-state index contributed by atoms with van der Waals surface area (Å²) in [6.07, 6.45) is 2.17. The first-order valence-electron chi connectivity index (χ1n) is 10.7. The van der Waals surface area contributed by atoms with E-state index in [2.05, 4.69) is 36.5 Å². The van der Waals surface area contributed by atoms with Gasteiger partial charge in [0.15, 0.2) is 11.5 Å². The molecule has 0 spiro atoms. The van der Waals surface area contributed by atoms with Crippen LogP contribution in [-0.2, 0) is 13.2 Å². The predicted octanol–water partition coefficient (Wildman–Crippen LogP) is 7.60. The van der Waals surface area contributed by atoms with E-state index in [1.807, 2.05) is 49.4 Å². The van der Waals surface area contributed by atoms with Crippen LogP contribution in [0.2, 0.25) is 10.0 Å². The predicted molar refractivity (Wildman–Crippen MR) is 129 cm³/mol. The lowest BCUT2D eigenvalue weighted by Gasteiger charge is -2.20. The Labute approximate surface area is 195 Å². The molecule has 0 aliphatic carbocycles. The van der Waals surface area contributed by atoms with E-state index < -0.39 is 0 Å². The molecule has 3 aromatic rings. The molecule has 3 rings (SSSR count). The van der Waals surface area contributed by atoms with E-state index >= 15 is 0 Å². The summed E-state index contributed by atoms with van der Waals surface area (Å²) >= 11 is 12.9. The Morgan fingerprint density at radius 3 is 2.32 bits per heavy atom. The van der Waals surface area contributed by atoms with Crippen LogP contribution < -0.4 is 14.8 Å². The molecule has 0 aliphatic heterocycles. The van der Waals surface area contributed by atoms with E-state index in [4.69, 9.17) is 32.7 Å². The van der Waals surface area contributed by atoms with Crippen molar-refractivity contribution in [2.75, 3.05) is 6.61 Å². The Balaban J connectivity index is 1.75. The fraction of sp³-hybridized carbons (Fsp3) is 0.308. The first-order valence-corrected chi connectivity index (χ1v) is 11.5. The second-order valence-electron chi connectivity index (χ2n) is 7.35. The average Bonchev–Trinajstić information content (AvgIpc) is 2.78. The van der Waals surface area contributed by atoms with Crippen molar-refractivity contribution in [2.24, 2.45) is 0 Å². The fourth-order valence-corrected chi connectivity index (χ4v) is 3.97. The van der Waals surface area contributed by atoms with Gasteiger partial charge in [0.2, 0.25) is 0 Å². The third kappa shape index (κ3) is 6.64. The smallest absolute Gasteiger partial charge is 0.180 e. The summed E-state index contributed by atoms with van der Waals surface area (Å²) in [5.74, 6) is 1.19. The van der Waals surface area contributed by atoms with Gasteiger partial charge in [-0.25, -0.2) is 0 Å². The highest BCUT2D eigenvalue weighted by Gasteiger charge is 2.15. The molecule has 0 amide bonds. The largest absolute Gasteiger partial charge is 0.490 e. The summed E-state index contributed by atoms with van der Waals surface area (Å²) in [6.45, 7) is 5.68. The van der Waals surface area contributed by atoms with Crippen LogP contribution in [0.4, 0.5) is 0 Å². The van der Waals surface area contributed by atoms with Gasteiger partial charge in [0.25, 0.3) is 0 Å². The summed E-state index contributed by atoms with van der Waals surface area (Å²) in [5, 5.41) is 4.86. The lowest BCUT2D eigenvalue weighted by molar-refractivity contribution is 0.269. The molecule has 5 heteroatoms. The highest BCUT2D eigenvalue weighted by molar-refractivity contribution is 6.32. The van der Waals surface area contributed by atoms with E-state index in [1.54, 1.807) is 0 Å². The number of nitrogens with one attached hydrogen (secondary N) is 1. The molecule has 0 aliphatic rings. The first kappa shape index (κ1) is 23.5. The maximum Gasteiger partial charge on any atom is 0.180 e. The normalized spacial score (nSPS) is 11.9. The van der Waals surface area contributed by atoms with E-state index in [0.29, 0.717) is 41.3 Å². The van der Waals surface area contributed by atoms with Gasteiger partial charge in [0.1, 0.15) is 6.61 Å². The van der Waals surface area contributed by atoms with Crippen molar-refractivity contribution in [3.05, 3.63) is 93.5 Å². The molecule has 0 saturated heterocycles. The number of benzene rings is 3. The minimum Gasteiger partial charge on any atom is -0.490 e.